The molecule has 0 spiro atoms. The Morgan fingerprint density at radius 2 is 2.08 bits per heavy atom. The Morgan fingerprint density at radius 1 is 1.35 bits per heavy atom. The van der Waals surface area contributed by atoms with Gasteiger partial charge in [0.25, 0.3) is 11.5 Å². The number of hydrogen-bond donors (Lipinski definition) is 3. The summed E-state index contributed by atoms with van der Waals surface area (Å²) in [6.45, 7) is 9.66. The highest BCUT2D eigenvalue weighted by atomic mass is 16.2. The number of rotatable bonds is 6. The van der Waals surface area contributed by atoms with Crippen LogP contribution in [0.3, 0.4) is 0 Å². The third-order valence-corrected chi connectivity index (χ3v) is 4.70. The van der Waals surface area contributed by atoms with Crippen LogP contribution in [0.1, 0.15) is 48.3 Å². The molecular weight excluding hydrogens is 332 g/mol. The molecule has 144 valence electrons. The maximum Gasteiger partial charge on any atom is 0.253 e. The first-order valence-corrected chi connectivity index (χ1v) is 9.29. The maximum absolute atomic E-state index is 12.7. The van der Waals surface area contributed by atoms with E-state index >= 15 is 0 Å². The van der Waals surface area contributed by atoms with Crippen molar-refractivity contribution in [3.63, 3.8) is 0 Å². The molecular formula is C19H30N4O3. The zero-order valence-electron chi connectivity index (χ0n) is 16.1. The monoisotopic (exact) mass is 362 g/mol. The normalized spacial score (nSPS) is 17.2. The average Bonchev–Trinajstić information content (AvgIpc) is 2.57. The Bertz CT molecular complexity index is 718. The van der Waals surface area contributed by atoms with Crippen molar-refractivity contribution in [1.82, 2.24) is 20.5 Å². The predicted octanol–water partition coefficient (Wildman–Crippen LogP) is 0.719. The van der Waals surface area contributed by atoms with Crippen molar-refractivity contribution in [2.75, 3.05) is 19.6 Å². The van der Waals surface area contributed by atoms with Crippen LogP contribution < -0.4 is 21.5 Å². The van der Waals surface area contributed by atoms with Gasteiger partial charge in [0.05, 0.1) is 5.56 Å². The van der Waals surface area contributed by atoms with Crippen LogP contribution in [0.25, 0.3) is 0 Å². The predicted molar refractivity (Wildman–Crippen MR) is 101 cm³/mol. The summed E-state index contributed by atoms with van der Waals surface area (Å²) in [5.74, 6) is -0.00619. The van der Waals surface area contributed by atoms with Gasteiger partial charge in [-0.2, -0.15) is 0 Å². The van der Waals surface area contributed by atoms with Crippen LogP contribution in [0, 0.1) is 19.8 Å². The summed E-state index contributed by atoms with van der Waals surface area (Å²) in [5, 5.41) is 9.09. The summed E-state index contributed by atoms with van der Waals surface area (Å²) in [4.78, 5) is 37.1. The number of nitrogens with zero attached hydrogens (tertiary/aromatic N) is 1. The first-order valence-electron chi connectivity index (χ1n) is 9.29. The average molecular weight is 362 g/mol. The molecule has 1 aliphatic heterocycles. The number of aromatic nitrogens is 1. The number of carbonyl (C=O) groups is 2. The van der Waals surface area contributed by atoms with Crippen molar-refractivity contribution in [2.45, 2.75) is 53.1 Å². The van der Waals surface area contributed by atoms with E-state index in [1.807, 2.05) is 13.8 Å². The van der Waals surface area contributed by atoms with E-state index in [0.717, 1.165) is 25.9 Å². The first kappa shape index (κ1) is 20.2. The minimum atomic E-state index is -0.271. The van der Waals surface area contributed by atoms with Crippen LogP contribution in [0.15, 0.2) is 10.9 Å². The maximum atomic E-state index is 12.7. The van der Waals surface area contributed by atoms with E-state index in [1.165, 1.54) is 10.6 Å². The highest BCUT2D eigenvalue weighted by Crippen LogP contribution is 2.13. The Balaban J connectivity index is 2.16. The van der Waals surface area contributed by atoms with Crippen LogP contribution in [-0.2, 0) is 11.3 Å². The minimum absolute atomic E-state index is 0.00386. The first-order chi connectivity index (χ1) is 12.3. The second-order valence-electron chi connectivity index (χ2n) is 7.36. The summed E-state index contributed by atoms with van der Waals surface area (Å²) in [6.07, 6.45) is 2.22. The van der Waals surface area contributed by atoms with Gasteiger partial charge >= 0.3 is 0 Å². The van der Waals surface area contributed by atoms with Gasteiger partial charge in [0.15, 0.2) is 0 Å². The van der Waals surface area contributed by atoms with Gasteiger partial charge < -0.3 is 20.5 Å². The Labute approximate surface area is 154 Å². The van der Waals surface area contributed by atoms with Crippen molar-refractivity contribution < 1.29 is 9.59 Å². The number of carbonyl (C=O) groups excluding carboxylic acids is 2. The van der Waals surface area contributed by atoms with Crippen LogP contribution in [0.5, 0.6) is 0 Å². The molecule has 1 saturated heterocycles. The quantitative estimate of drug-likeness (QED) is 0.695. The Kier molecular flexibility index (Phi) is 6.97. The molecule has 1 atom stereocenters. The molecule has 7 heteroatoms. The van der Waals surface area contributed by atoms with Crippen molar-refractivity contribution in [3.05, 3.63) is 33.2 Å². The zero-order valence-corrected chi connectivity index (χ0v) is 16.1. The van der Waals surface area contributed by atoms with Crippen molar-refractivity contribution in [2.24, 2.45) is 5.92 Å². The molecule has 0 aromatic carbocycles. The van der Waals surface area contributed by atoms with Gasteiger partial charge in [-0.1, -0.05) is 0 Å². The molecule has 0 saturated carbocycles. The van der Waals surface area contributed by atoms with Gasteiger partial charge in [-0.25, -0.2) is 0 Å². The minimum Gasteiger partial charge on any atom is -0.352 e. The molecule has 1 unspecified atom stereocenters. The molecule has 7 nitrogen and oxygen atoms in total. The van der Waals surface area contributed by atoms with E-state index in [9.17, 15) is 14.4 Å². The lowest BCUT2D eigenvalue weighted by atomic mass is 9.99. The summed E-state index contributed by atoms with van der Waals surface area (Å²) in [6, 6.07) is 1.42. The molecule has 2 rings (SSSR count). The van der Waals surface area contributed by atoms with Gasteiger partial charge in [-0.05, 0) is 65.1 Å². The number of hydrogen-bond acceptors (Lipinski definition) is 4. The van der Waals surface area contributed by atoms with Gasteiger partial charge in [0.1, 0.15) is 6.54 Å². The van der Waals surface area contributed by atoms with Crippen molar-refractivity contribution in [1.29, 1.82) is 0 Å². The van der Waals surface area contributed by atoms with E-state index in [4.69, 9.17) is 0 Å². The molecule has 2 amide bonds. The Morgan fingerprint density at radius 3 is 2.69 bits per heavy atom. The second kappa shape index (κ2) is 8.98. The highest BCUT2D eigenvalue weighted by Gasteiger charge is 2.20. The smallest absolute Gasteiger partial charge is 0.253 e. The SMILES string of the molecule is Cc1cc(=O)n(CC(=O)NC(C)C)c(C)c1C(=O)NCC1CCCNC1. The molecule has 1 aliphatic rings. The van der Waals surface area contributed by atoms with Crippen LogP contribution in [-0.4, -0.2) is 42.1 Å². The largest absolute Gasteiger partial charge is 0.352 e. The summed E-state index contributed by atoms with van der Waals surface area (Å²) in [5.41, 5.74) is 1.36. The van der Waals surface area contributed by atoms with Gasteiger partial charge in [-0.3, -0.25) is 14.4 Å². The van der Waals surface area contributed by atoms with E-state index in [0.29, 0.717) is 29.3 Å². The third-order valence-electron chi connectivity index (χ3n) is 4.70. The van der Waals surface area contributed by atoms with E-state index in [2.05, 4.69) is 16.0 Å². The van der Waals surface area contributed by atoms with Crippen molar-refractivity contribution >= 4 is 11.8 Å². The van der Waals surface area contributed by atoms with E-state index in [-0.39, 0.29) is 30.0 Å². The number of amides is 2. The molecule has 1 aromatic heterocycles. The van der Waals surface area contributed by atoms with E-state index < -0.39 is 0 Å². The topological polar surface area (TPSA) is 92.2 Å². The van der Waals surface area contributed by atoms with Gasteiger partial charge in [0.2, 0.25) is 5.91 Å². The van der Waals surface area contributed by atoms with Crippen molar-refractivity contribution in [3.8, 4) is 0 Å². The van der Waals surface area contributed by atoms with Gasteiger partial charge in [-0.15, -0.1) is 0 Å². The lowest BCUT2D eigenvalue weighted by Gasteiger charge is -2.23. The number of aryl methyl sites for hydroxylation is 1. The van der Waals surface area contributed by atoms with Crippen LogP contribution in [0.2, 0.25) is 0 Å². The number of pyridine rings is 1. The molecule has 1 fully saturated rings. The second-order valence-corrected chi connectivity index (χ2v) is 7.36. The lowest BCUT2D eigenvalue weighted by molar-refractivity contribution is -0.122. The fraction of sp³-hybridized carbons (Fsp3) is 0.632. The fourth-order valence-corrected chi connectivity index (χ4v) is 3.40. The number of nitrogens with one attached hydrogen (secondary N) is 3. The molecule has 0 aliphatic carbocycles. The molecule has 3 N–H and O–H groups in total. The molecule has 2 heterocycles. The standard InChI is InChI=1S/C19H30N4O3/c1-12(2)22-16(24)11-23-14(4)18(13(3)8-17(23)25)19(26)21-10-15-6-5-7-20-9-15/h8,12,15,20H,5-7,9-11H2,1-4H3,(H,21,26)(H,22,24). The Hall–Kier alpha value is -2.15. The lowest BCUT2D eigenvalue weighted by Crippen LogP contribution is -2.40. The molecule has 26 heavy (non-hydrogen) atoms. The fourth-order valence-electron chi connectivity index (χ4n) is 3.40. The third kappa shape index (κ3) is 5.17. The molecule has 1 aromatic rings. The van der Waals surface area contributed by atoms with E-state index in [1.54, 1.807) is 13.8 Å². The van der Waals surface area contributed by atoms with Crippen LogP contribution >= 0.6 is 0 Å². The van der Waals surface area contributed by atoms with Crippen LogP contribution in [0.4, 0.5) is 0 Å². The summed E-state index contributed by atoms with van der Waals surface area (Å²) in [7, 11) is 0. The molecule has 0 radical (unpaired) electrons. The summed E-state index contributed by atoms with van der Waals surface area (Å²) >= 11 is 0. The molecule has 0 bridgehead atoms. The van der Waals surface area contributed by atoms with Gasteiger partial charge in [0, 0.05) is 24.3 Å². The zero-order chi connectivity index (χ0) is 19.3. The summed E-state index contributed by atoms with van der Waals surface area (Å²) < 4.78 is 1.36. The number of piperidine rings is 1. The highest BCUT2D eigenvalue weighted by molar-refractivity contribution is 5.96.